The molecule has 1 atom stereocenters. The average Bonchev–Trinajstić information content (AvgIpc) is 3.05. The summed E-state index contributed by atoms with van der Waals surface area (Å²) in [6.45, 7) is 4.56. The molecular weight excluding hydrogens is 418 g/mol. The summed E-state index contributed by atoms with van der Waals surface area (Å²) in [5, 5.41) is 0. The summed E-state index contributed by atoms with van der Waals surface area (Å²) in [6, 6.07) is 12.9. The van der Waals surface area contributed by atoms with Crippen LogP contribution in [0, 0.1) is 19.8 Å². The molecule has 0 spiro atoms. The van der Waals surface area contributed by atoms with Gasteiger partial charge in [-0.3, -0.25) is 4.79 Å². The first-order valence-corrected chi connectivity index (χ1v) is 12.2. The van der Waals surface area contributed by atoms with Crippen LogP contribution in [0.25, 0.3) is 10.2 Å². The van der Waals surface area contributed by atoms with Crippen molar-refractivity contribution in [2.75, 3.05) is 13.1 Å². The number of amides is 1. The van der Waals surface area contributed by atoms with E-state index in [2.05, 4.69) is 4.99 Å². The van der Waals surface area contributed by atoms with E-state index in [0.717, 1.165) is 21.3 Å². The third kappa shape index (κ3) is 3.87. The van der Waals surface area contributed by atoms with E-state index in [9.17, 15) is 13.2 Å². The van der Waals surface area contributed by atoms with E-state index in [0.29, 0.717) is 24.2 Å². The molecule has 2 aromatic carbocycles. The van der Waals surface area contributed by atoms with Gasteiger partial charge in [0, 0.05) is 20.1 Å². The maximum atomic E-state index is 13.0. The topological polar surface area (TPSA) is 71.7 Å². The van der Waals surface area contributed by atoms with E-state index >= 15 is 0 Å². The van der Waals surface area contributed by atoms with Gasteiger partial charge in [0.15, 0.2) is 4.80 Å². The van der Waals surface area contributed by atoms with Crippen LogP contribution in [0.2, 0.25) is 0 Å². The van der Waals surface area contributed by atoms with E-state index in [1.165, 1.54) is 15.6 Å². The zero-order valence-electron chi connectivity index (χ0n) is 17.3. The Bertz CT molecular complexity index is 1270. The molecule has 8 heteroatoms. The van der Waals surface area contributed by atoms with Gasteiger partial charge in [-0.05, 0) is 50.5 Å². The molecule has 1 aliphatic rings. The predicted molar refractivity (Wildman–Crippen MR) is 119 cm³/mol. The van der Waals surface area contributed by atoms with Crippen molar-refractivity contribution in [1.82, 2.24) is 8.87 Å². The normalized spacial score (nSPS) is 18.8. The number of fused-ring (bicyclic) bond motifs is 1. The fourth-order valence-electron chi connectivity index (χ4n) is 3.91. The van der Waals surface area contributed by atoms with E-state index in [4.69, 9.17) is 0 Å². The van der Waals surface area contributed by atoms with Crippen LogP contribution in [0.1, 0.15) is 24.0 Å². The summed E-state index contributed by atoms with van der Waals surface area (Å²) in [6.07, 6.45) is 1.30. The van der Waals surface area contributed by atoms with Crippen molar-refractivity contribution in [3.8, 4) is 0 Å². The molecule has 6 nitrogen and oxygen atoms in total. The Labute approximate surface area is 180 Å². The monoisotopic (exact) mass is 443 g/mol. The molecule has 1 amide bonds. The van der Waals surface area contributed by atoms with Gasteiger partial charge in [-0.25, -0.2) is 8.42 Å². The first-order chi connectivity index (χ1) is 14.3. The molecule has 30 heavy (non-hydrogen) atoms. The van der Waals surface area contributed by atoms with Crippen molar-refractivity contribution in [2.24, 2.45) is 18.0 Å². The SMILES string of the molecule is Cc1ccc(S(=O)(=O)N2CCCC(C(=O)N=c3sc4cccc(C)c4n3C)C2)cc1. The van der Waals surface area contributed by atoms with Crippen molar-refractivity contribution in [2.45, 2.75) is 31.6 Å². The van der Waals surface area contributed by atoms with Crippen LogP contribution in [0.5, 0.6) is 0 Å². The highest BCUT2D eigenvalue weighted by molar-refractivity contribution is 7.89. The lowest BCUT2D eigenvalue weighted by Gasteiger charge is -2.30. The number of aromatic nitrogens is 1. The van der Waals surface area contributed by atoms with Crippen LogP contribution in [-0.2, 0) is 21.9 Å². The van der Waals surface area contributed by atoms with Crippen LogP contribution >= 0.6 is 11.3 Å². The summed E-state index contributed by atoms with van der Waals surface area (Å²) < 4.78 is 30.5. The van der Waals surface area contributed by atoms with E-state index in [-0.39, 0.29) is 17.3 Å². The maximum Gasteiger partial charge on any atom is 0.252 e. The van der Waals surface area contributed by atoms with Gasteiger partial charge in [0.05, 0.1) is 21.0 Å². The Balaban J connectivity index is 1.60. The zero-order chi connectivity index (χ0) is 21.5. The summed E-state index contributed by atoms with van der Waals surface area (Å²) in [7, 11) is -1.71. The number of thiazole rings is 1. The number of carbonyl (C=O) groups excluding carboxylic acids is 1. The summed E-state index contributed by atoms with van der Waals surface area (Å²) in [4.78, 5) is 18.2. The minimum atomic E-state index is -3.62. The van der Waals surface area contributed by atoms with E-state index in [1.807, 2.05) is 43.7 Å². The number of aryl methyl sites for hydroxylation is 3. The highest BCUT2D eigenvalue weighted by Gasteiger charge is 2.33. The van der Waals surface area contributed by atoms with Gasteiger partial charge >= 0.3 is 0 Å². The van der Waals surface area contributed by atoms with Gasteiger partial charge in [-0.15, -0.1) is 0 Å². The summed E-state index contributed by atoms with van der Waals surface area (Å²) in [5.74, 6) is -0.677. The molecule has 1 saturated heterocycles. The molecule has 1 fully saturated rings. The third-order valence-corrected chi connectivity index (χ3v) is 8.60. The van der Waals surface area contributed by atoms with Gasteiger partial charge in [0.25, 0.3) is 5.91 Å². The number of rotatable bonds is 3. The second-order valence-electron chi connectivity index (χ2n) is 7.83. The van der Waals surface area contributed by atoms with Crippen molar-refractivity contribution < 1.29 is 13.2 Å². The van der Waals surface area contributed by atoms with Gasteiger partial charge in [-0.1, -0.05) is 41.2 Å². The first kappa shape index (κ1) is 21.0. The molecule has 0 radical (unpaired) electrons. The second-order valence-corrected chi connectivity index (χ2v) is 10.8. The Kier molecular flexibility index (Phi) is 5.65. The lowest BCUT2D eigenvalue weighted by molar-refractivity contribution is -0.122. The largest absolute Gasteiger partial charge is 0.319 e. The quantitative estimate of drug-likeness (QED) is 0.623. The number of benzene rings is 2. The first-order valence-electron chi connectivity index (χ1n) is 9.98. The molecule has 1 aliphatic heterocycles. The minimum absolute atomic E-state index is 0.173. The van der Waals surface area contributed by atoms with Crippen LogP contribution in [0.3, 0.4) is 0 Å². The molecule has 4 rings (SSSR count). The van der Waals surface area contributed by atoms with E-state index < -0.39 is 15.9 Å². The van der Waals surface area contributed by atoms with Gasteiger partial charge < -0.3 is 4.57 Å². The molecule has 3 aromatic rings. The van der Waals surface area contributed by atoms with Crippen molar-refractivity contribution >= 4 is 37.5 Å². The molecule has 1 unspecified atom stereocenters. The Morgan fingerprint density at radius 1 is 1.13 bits per heavy atom. The lowest BCUT2D eigenvalue weighted by atomic mass is 9.99. The molecule has 0 N–H and O–H groups in total. The van der Waals surface area contributed by atoms with Crippen molar-refractivity contribution in [1.29, 1.82) is 0 Å². The number of piperidine rings is 1. The minimum Gasteiger partial charge on any atom is -0.319 e. The van der Waals surface area contributed by atoms with Crippen molar-refractivity contribution in [3.05, 3.63) is 58.4 Å². The summed E-state index contributed by atoms with van der Waals surface area (Å²) >= 11 is 1.48. The van der Waals surface area contributed by atoms with Gasteiger partial charge in [0.2, 0.25) is 10.0 Å². The highest BCUT2D eigenvalue weighted by atomic mass is 32.2. The molecule has 0 saturated carbocycles. The maximum absolute atomic E-state index is 13.0. The fraction of sp³-hybridized carbons (Fsp3) is 0.364. The fourth-order valence-corrected chi connectivity index (χ4v) is 6.54. The molecule has 0 aliphatic carbocycles. The zero-order valence-corrected chi connectivity index (χ0v) is 19.0. The molecule has 158 valence electrons. The highest BCUT2D eigenvalue weighted by Crippen LogP contribution is 2.25. The Morgan fingerprint density at radius 3 is 2.57 bits per heavy atom. The number of sulfonamides is 1. The summed E-state index contributed by atoms with van der Waals surface area (Å²) in [5.41, 5.74) is 3.21. The average molecular weight is 444 g/mol. The predicted octanol–water partition coefficient (Wildman–Crippen LogP) is 3.38. The van der Waals surface area contributed by atoms with Gasteiger partial charge in [0.1, 0.15) is 0 Å². The number of carbonyl (C=O) groups is 1. The Hall–Kier alpha value is -2.29. The number of hydrogen-bond acceptors (Lipinski definition) is 4. The smallest absolute Gasteiger partial charge is 0.252 e. The van der Waals surface area contributed by atoms with Crippen molar-refractivity contribution in [3.63, 3.8) is 0 Å². The number of para-hydroxylation sites is 1. The standard InChI is InChI=1S/C22H25N3O3S2/c1-15-9-11-18(12-10-15)30(27,28)25-13-5-7-17(14-25)21(26)23-22-24(3)20-16(2)6-4-8-19(20)29-22/h4,6,8-12,17H,5,7,13-14H2,1-3H3. The number of nitrogens with zero attached hydrogens (tertiary/aromatic N) is 3. The van der Waals surface area contributed by atoms with Crippen LogP contribution < -0.4 is 4.80 Å². The molecular formula is C22H25N3O3S2. The second kappa shape index (κ2) is 8.09. The lowest BCUT2D eigenvalue weighted by Crippen LogP contribution is -2.42. The van der Waals surface area contributed by atoms with E-state index in [1.54, 1.807) is 24.3 Å². The van der Waals surface area contributed by atoms with Crippen LogP contribution in [0.4, 0.5) is 0 Å². The molecule has 0 bridgehead atoms. The van der Waals surface area contributed by atoms with Crippen LogP contribution in [-0.4, -0.2) is 36.3 Å². The number of hydrogen-bond donors (Lipinski definition) is 0. The van der Waals surface area contributed by atoms with Gasteiger partial charge in [-0.2, -0.15) is 9.30 Å². The molecule has 1 aromatic heterocycles. The molecule has 2 heterocycles. The third-order valence-electron chi connectivity index (χ3n) is 5.62. The van der Waals surface area contributed by atoms with Crippen LogP contribution in [0.15, 0.2) is 52.4 Å². The Morgan fingerprint density at radius 2 is 1.87 bits per heavy atom.